The van der Waals surface area contributed by atoms with Gasteiger partial charge in [0.25, 0.3) is 5.85 Å². The minimum atomic E-state index is -3.35. The van der Waals surface area contributed by atoms with Crippen molar-refractivity contribution >= 4 is 14.0 Å². The van der Waals surface area contributed by atoms with Gasteiger partial charge < -0.3 is 25.0 Å². The number of hydrogen-bond donors (Lipinski definition) is 2. The maximum atomic E-state index is 9.78. The van der Waals surface area contributed by atoms with Gasteiger partial charge >= 0.3 is 37.6 Å². The Hall–Kier alpha value is 0.450. The van der Waals surface area contributed by atoms with Crippen molar-refractivity contribution in [2.75, 3.05) is 0 Å². The molecular weight excluding hydrogens is 186 g/mol. The van der Waals surface area contributed by atoms with E-state index in [2.05, 4.69) is 0 Å². The summed E-state index contributed by atoms with van der Waals surface area (Å²) in [6, 6.07) is 0. The van der Waals surface area contributed by atoms with E-state index in [9.17, 15) is 19.4 Å². The summed E-state index contributed by atoms with van der Waals surface area (Å²) < 4.78 is 9.78. The Bertz CT molecular complexity index is 142. The number of aliphatic carboxylic acids is 1. The third kappa shape index (κ3) is 4.81. The molecule has 8 heteroatoms. The van der Waals surface area contributed by atoms with Gasteiger partial charge in [0.15, 0.2) is 6.10 Å². The first-order valence-electron chi connectivity index (χ1n) is 2.17. The average molecular weight is 190 g/mol. The van der Waals surface area contributed by atoms with Crippen molar-refractivity contribution in [2.45, 2.75) is 11.9 Å². The van der Waals surface area contributed by atoms with Crippen molar-refractivity contribution in [1.29, 1.82) is 0 Å². The number of aliphatic hydroxyl groups is 2. The van der Waals surface area contributed by atoms with Gasteiger partial charge in [0, 0.05) is 0 Å². The second kappa shape index (κ2) is 6.02. The number of carboxylic acids is 1. The molecule has 0 aromatic carbocycles. The summed E-state index contributed by atoms with van der Waals surface area (Å²) >= 11 is 0. The Labute approximate surface area is 85.0 Å². The molecule has 0 saturated heterocycles. The SMILES string of the molecule is O=C([O-])C(O)C(O)[P+](=O)[O-].[Na+]. The number of aliphatic hydroxyl groups excluding tert-OH is 2. The molecule has 0 heterocycles. The van der Waals surface area contributed by atoms with E-state index in [1.807, 2.05) is 0 Å². The molecule has 0 bridgehead atoms. The first kappa shape index (κ1) is 14.0. The second-order valence-electron chi connectivity index (χ2n) is 1.46. The Kier molecular flexibility index (Phi) is 7.66. The van der Waals surface area contributed by atoms with E-state index in [0.29, 0.717) is 0 Å². The smallest absolute Gasteiger partial charge is 0.593 e. The molecule has 0 aromatic rings. The van der Waals surface area contributed by atoms with E-state index in [4.69, 9.17) is 10.2 Å². The molecule has 0 radical (unpaired) electrons. The van der Waals surface area contributed by atoms with Crippen LogP contribution in [0.2, 0.25) is 0 Å². The van der Waals surface area contributed by atoms with Gasteiger partial charge in [0.05, 0.1) is 5.97 Å². The van der Waals surface area contributed by atoms with E-state index in [-0.39, 0.29) is 29.6 Å². The predicted octanol–water partition coefficient (Wildman–Crippen LogP) is -6.48. The zero-order chi connectivity index (χ0) is 8.31. The molecule has 0 amide bonds. The number of hydrogen-bond acceptors (Lipinski definition) is 6. The molecule has 0 rings (SSSR count). The van der Waals surface area contributed by atoms with Crippen molar-refractivity contribution in [3.63, 3.8) is 0 Å². The van der Waals surface area contributed by atoms with Crippen LogP contribution in [0.5, 0.6) is 0 Å². The standard InChI is InChI=1S/C3H5O6P.Na/c4-1(2(5)6)3(7)10(8)9;/h1,3-4,7H,(H,5,6);/q;+1/p-1. The summed E-state index contributed by atoms with van der Waals surface area (Å²) in [6.07, 6.45) is -2.37. The van der Waals surface area contributed by atoms with Gasteiger partial charge in [0.2, 0.25) is 0 Å². The van der Waals surface area contributed by atoms with Crippen LogP contribution in [0.4, 0.5) is 0 Å². The van der Waals surface area contributed by atoms with Gasteiger partial charge in [-0.25, -0.2) is 0 Å². The van der Waals surface area contributed by atoms with Gasteiger partial charge in [-0.2, -0.15) is 0 Å². The molecule has 58 valence electrons. The zero-order valence-corrected chi connectivity index (χ0v) is 8.52. The monoisotopic (exact) mass is 190 g/mol. The van der Waals surface area contributed by atoms with Crippen LogP contribution in [0.3, 0.4) is 0 Å². The maximum absolute atomic E-state index is 9.78. The molecule has 11 heavy (non-hydrogen) atoms. The first-order chi connectivity index (χ1) is 4.46. The Morgan fingerprint density at radius 3 is 1.91 bits per heavy atom. The predicted molar refractivity (Wildman–Crippen MR) is 24.6 cm³/mol. The van der Waals surface area contributed by atoms with Gasteiger partial charge in [-0.3, -0.25) is 0 Å². The van der Waals surface area contributed by atoms with Crippen LogP contribution in [-0.2, 0) is 9.36 Å². The zero-order valence-electron chi connectivity index (χ0n) is 5.63. The molecule has 0 saturated carbocycles. The molecule has 0 fully saturated rings. The van der Waals surface area contributed by atoms with Crippen LogP contribution < -0.4 is 39.6 Å². The quantitative estimate of drug-likeness (QED) is 0.337. The summed E-state index contributed by atoms with van der Waals surface area (Å²) in [4.78, 5) is 19.4. The third-order valence-corrected chi connectivity index (χ3v) is 1.45. The molecule has 0 aromatic heterocycles. The van der Waals surface area contributed by atoms with E-state index >= 15 is 0 Å². The number of carbonyl (C=O) groups is 1. The maximum Gasteiger partial charge on any atom is 1.00 e. The average Bonchev–Trinajstić information content (AvgIpc) is 1.84. The summed E-state index contributed by atoms with van der Waals surface area (Å²) in [5.41, 5.74) is 0. The molecule has 6 nitrogen and oxygen atoms in total. The molecule has 0 aliphatic rings. The van der Waals surface area contributed by atoms with Crippen molar-refractivity contribution in [1.82, 2.24) is 0 Å². The molecule has 0 aliphatic carbocycles. The van der Waals surface area contributed by atoms with Gasteiger partial charge in [0.1, 0.15) is 0 Å². The van der Waals surface area contributed by atoms with Crippen LogP contribution in [0.25, 0.3) is 0 Å². The van der Waals surface area contributed by atoms with E-state index in [0.717, 1.165) is 0 Å². The Morgan fingerprint density at radius 2 is 1.82 bits per heavy atom. The molecule has 0 aliphatic heterocycles. The van der Waals surface area contributed by atoms with Gasteiger partial charge in [-0.1, -0.05) is 4.57 Å². The topological polar surface area (TPSA) is 121 Å². The minimum absolute atomic E-state index is 0. The molecule has 3 atom stereocenters. The summed E-state index contributed by atoms with van der Waals surface area (Å²) in [5.74, 6) is -4.31. The molecular formula is C3H4NaO6P. The summed E-state index contributed by atoms with van der Waals surface area (Å²) in [5, 5.41) is 26.2. The largest absolute Gasteiger partial charge is 1.00 e. The summed E-state index contributed by atoms with van der Waals surface area (Å²) in [6.45, 7) is 0. The van der Waals surface area contributed by atoms with Gasteiger partial charge in [-0.15, -0.1) is 0 Å². The number of rotatable bonds is 3. The van der Waals surface area contributed by atoms with Crippen LogP contribution in [-0.4, -0.2) is 28.1 Å². The van der Waals surface area contributed by atoms with Crippen molar-refractivity contribution in [3.8, 4) is 0 Å². The first-order valence-corrected chi connectivity index (χ1v) is 3.42. The van der Waals surface area contributed by atoms with Crippen LogP contribution in [0, 0.1) is 0 Å². The Morgan fingerprint density at radius 1 is 1.45 bits per heavy atom. The number of carbonyl (C=O) groups excluding carboxylic acids is 1. The van der Waals surface area contributed by atoms with Crippen LogP contribution in [0.1, 0.15) is 0 Å². The van der Waals surface area contributed by atoms with Crippen molar-refractivity contribution in [3.05, 3.63) is 0 Å². The van der Waals surface area contributed by atoms with Gasteiger partial charge in [-0.05, 0) is 0 Å². The van der Waals surface area contributed by atoms with Crippen LogP contribution in [0.15, 0.2) is 0 Å². The molecule has 0 spiro atoms. The van der Waals surface area contributed by atoms with E-state index in [1.54, 1.807) is 0 Å². The van der Waals surface area contributed by atoms with Crippen molar-refractivity contribution in [2.24, 2.45) is 0 Å². The third-order valence-electron chi connectivity index (χ3n) is 0.740. The minimum Gasteiger partial charge on any atom is -0.593 e. The van der Waals surface area contributed by atoms with E-state index in [1.165, 1.54) is 0 Å². The fourth-order valence-corrected chi connectivity index (χ4v) is 0.589. The Balaban J connectivity index is 0. The fraction of sp³-hybridized carbons (Fsp3) is 0.667. The molecule has 2 N–H and O–H groups in total. The summed E-state index contributed by atoms with van der Waals surface area (Å²) in [7, 11) is -3.35. The second-order valence-corrected chi connectivity index (χ2v) is 2.56. The number of carboxylic acid groups (broad SMARTS) is 1. The van der Waals surface area contributed by atoms with Crippen molar-refractivity contribution < 1.29 is 59.1 Å². The fourth-order valence-electron chi connectivity index (χ4n) is 0.237. The van der Waals surface area contributed by atoms with Crippen LogP contribution >= 0.6 is 8.03 Å². The normalized spacial score (nSPS) is 16.1. The molecule has 3 unspecified atom stereocenters. The van der Waals surface area contributed by atoms with E-state index < -0.39 is 25.9 Å².